The van der Waals surface area contributed by atoms with Gasteiger partial charge >= 0.3 is 0 Å². The Balaban J connectivity index is 1.79. The van der Waals surface area contributed by atoms with E-state index >= 15 is 0 Å². The van der Waals surface area contributed by atoms with Gasteiger partial charge in [0.1, 0.15) is 6.10 Å². The molecule has 10 heteroatoms. The number of benzene rings is 2. The molecule has 0 aliphatic rings. The molecule has 2 rings (SSSR count). The molecule has 0 saturated heterocycles. The van der Waals surface area contributed by atoms with Crippen LogP contribution in [0, 0.1) is 5.41 Å². The third-order valence-corrected chi connectivity index (χ3v) is 6.71. The Morgan fingerprint density at radius 3 is 2.24 bits per heavy atom. The van der Waals surface area contributed by atoms with E-state index in [1.165, 1.54) is 13.8 Å². The van der Waals surface area contributed by atoms with Gasteiger partial charge in [0.15, 0.2) is 0 Å². The first-order chi connectivity index (χ1) is 16.0. The summed E-state index contributed by atoms with van der Waals surface area (Å²) in [5, 5.41) is 24.0. The highest BCUT2D eigenvalue weighted by atomic mass is 32.2. The number of hydrogen-bond donors (Lipinski definition) is 5. The standard InChI is InChI=1S/C24H31N3O6S/c1-24(2,16-28)21(30)23(32)25-14-13-20(29)22(31)26-15-17-9-11-18(12-10-17)27-34(3,33)19-7-5-4-6-8-19/h4-12,21,28,30H,3,13-16H2,1-2H3,(H,25,32)(H,26,31)(H,27,33)/t21-,34?/m0/s1. The van der Waals surface area contributed by atoms with Gasteiger partial charge in [-0.3, -0.25) is 14.4 Å². The van der Waals surface area contributed by atoms with E-state index in [0.717, 1.165) is 5.56 Å². The van der Waals surface area contributed by atoms with Crippen molar-refractivity contribution in [1.29, 1.82) is 0 Å². The molecule has 0 spiro atoms. The molecule has 2 atom stereocenters. The largest absolute Gasteiger partial charge is 0.396 e. The van der Waals surface area contributed by atoms with Crippen LogP contribution in [0.2, 0.25) is 0 Å². The molecule has 5 N–H and O–H groups in total. The van der Waals surface area contributed by atoms with E-state index in [1.807, 2.05) is 6.07 Å². The fourth-order valence-corrected chi connectivity index (χ4v) is 4.04. The number of aliphatic hydroxyl groups excluding tert-OH is 2. The highest BCUT2D eigenvalue weighted by Crippen LogP contribution is 2.19. The summed E-state index contributed by atoms with van der Waals surface area (Å²) in [6.45, 7) is 2.66. The molecule has 184 valence electrons. The Bertz CT molecular complexity index is 1100. The Morgan fingerprint density at radius 2 is 1.65 bits per heavy atom. The number of carbonyl (C=O) groups is 3. The van der Waals surface area contributed by atoms with Crippen LogP contribution >= 0.6 is 0 Å². The maximum atomic E-state index is 12.8. The molecule has 0 radical (unpaired) electrons. The number of rotatable bonds is 12. The summed E-state index contributed by atoms with van der Waals surface area (Å²) < 4.78 is 15.7. The lowest BCUT2D eigenvalue weighted by atomic mass is 9.87. The molecule has 34 heavy (non-hydrogen) atoms. The summed E-state index contributed by atoms with van der Waals surface area (Å²) in [5.74, 6) is 1.54. The third kappa shape index (κ3) is 7.68. The van der Waals surface area contributed by atoms with Crippen molar-refractivity contribution in [1.82, 2.24) is 10.6 Å². The van der Waals surface area contributed by atoms with Crippen molar-refractivity contribution in [3.05, 3.63) is 60.2 Å². The highest BCUT2D eigenvalue weighted by Gasteiger charge is 2.32. The minimum Gasteiger partial charge on any atom is -0.396 e. The lowest BCUT2D eigenvalue weighted by molar-refractivity contribution is -0.139. The van der Waals surface area contributed by atoms with Crippen LogP contribution < -0.4 is 15.4 Å². The Morgan fingerprint density at radius 1 is 1.03 bits per heavy atom. The minimum absolute atomic E-state index is 0.110. The Labute approximate surface area is 199 Å². The fourth-order valence-electron chi connectivity index (χ4n) is 2.81. The molecule has 0 saturated carbocycles. The molecule has 0 aliphatic carbocycles. The quantitative estimate of drug-likeness (QED) is 0.221. The van der Waals surface area contributed by atoms with E-state index in [9.17, 15) is 28.8 Å². The molecule has 2 aromatic carbocycles. The summed E-state index contributed by atoms with van der Waals surface area (Å²) in [4.78, 5) is 36.5. The summed E-state index contributed by atoms with van der Waals surface area (Å²) in [6.07, 6.45) is -1.67. The van der Waals surface area contributed by atoms with Crippen molar-refractivity contribution in [2.75, 3.05) is 17.9 Å². The fraction of sp³-hybridized carbons (Fsp3) is 0.333. The first-order valence-electron chi connectivity index (χ1n) is 10.6. The van der Waals surface area contributed by atoms with Crippen LogP contribution in [-0.4, -0.2) is 57.1 Å². The third-order valence-electron chi connectivity index (χ3n) is 5.11. The van der Waals surface area contributed by atoms with Crippen molar-refractivity contribution in [2.45, 2.75) is 37.8 Å². The zero-order valence-corrected chi connectivity index (χ0v) is 20.1. The van der Waals surface area contributed by atoms with E-state index in [0.29, 0.717) is 10.6 Å². The Kier molecular flexibility index (Phi) is 9.36. The number of Topliss-reactive ketones (excluding diaryl/α,β-unsaturated/α-hetero) is 1. The zero-order chi connectivity index (χ0) is 25.4. The van der Waals surface area contributed by atoms with Crippen LogP contribution in [0.3, 0.4) is 0 Å². The van der Waals surface area contributed by atoms with E-state index in [-0.39, 0.29) is 26.1 Å². The number of aliphatic hydroxyl groups is 2. The number of ketones is 1. The van der Waals surface area contributed by atoms with Gasteiger partial charge in [-0.15, -0.1) is 0 Å². The summed E-state index contributed by atoms with van der Waals surface area (Å²) in [5.41, 5.74) is 0.296. The van der Waals surface area contributed by atoms with Crippen LogP contribution in [0.25, 0.3) is 0 Å². The van der Waals surface area contributed by atoms with E-state index in [2.05, 4.69) is 21.2 Å². The molecular formula is C24H31N3O6S. The monoisotopic (exact) mass is 489 g/mol. The number of carbonyl (C=O) groups excluding carboxylic acids is 3. The van der Waals surface area contributed by atoms with Crippen LogP contribution in [0.15, 0.2) is 59.5 Å². The van der Waals surface area contributed by atoms with E-state index in [4.69, 9.17) is 0 Å². The first kappa shape index (κ1) is 27.0. The zero-order valence-electron chi connectivity index (χ0n) is 19.2. The Hall–Kier alpha value is -3.21. The molecule has 1 unspecified atom stereocenters. The lowest BCUT2D eigenvalue weighted by Gasteiger charge is -2.27. The molecule has 0 bridgehead atoms. The molecular weight excluding hydrogens is 458 g/mol. The van der Waals surface area contributed by atoms with E-state index < -0.39 is 38.8 Å². The second kappa shape index (κ2) is 11.8. The predicted octanol–water partition coefficient (Wildman–Crippen LogP) is 0.860. The number of anilines is 1. The molecule has 9 nitrogen and oxygen atoms in total. The van der Waals surface area contributed by atoms with Gasteiger partial charge in [0.2, 0.25) is 11.7 Å². The van der Waals surface area contributed by atoms with Gasteiger partial charge in [-0.05, 0) is 35.7 Å². The maximum absolute atomic E-state index is 12.8. The SMILES string of the molecule is C=S(=O)(Nc1ccc(CNC(=O)C(=O)CCNC(=O)[C@H](O)C(C)(C)CO)cc1)c1ccccc1. The minimum atomic E-state index is -2.72. The second-order valence-corrected chi connectivity index (χ2v) is 10.5. The average molecular weight is 490 g/mol. The van der Waals surface area contributed by atoms with Gasteiger partial charge in [-0.1, -0.05) is 44.2 Å². The van der Waals surface area contributed by atoms with Gasteiger partial charge in [-0.25, -0.2) is 4.21 Å². The first-order valence-corrected chi connectivity index (χ1v) is 12.4. The summed E-state index contributed by atoms with van der Waals surface area (Å²) in [6, 6.07) is 15.7. The van der Waals surface area contributed by atoms with Gasteiger partial charge in [-0.2, -0.15) is 0 Å². The molecule has 2 aromatic rings. The van der Waals surface area contributed by atoms with Crippen molar-refractivity contribution < 1.29 is 28.8 Å². The smallest absolute Gasteiger partial charge is 0.287 e. The van der Waals surface area contributed by atoms with Crippen molar-refractivity contribution in [3.63, 3.8) is 0 Å². The number of hydrogen-bond acceptors (Lipinski definition) is 6. The topological polar surface area (TPSA) is 145 Å². The van der Waals surface area contributed by atoms with Crippen molar-refractivity contribution in [2.24, 2.45) is 5.41 Å². The van der Waals surface area contributed by atoms with Gasteiger partial charge < -0.3 is 25.6 Å². The molecule has 0 heterocycles. The van der Waals surface area contributed by atoms with Crippen LogP contribution in [0.4, 0.5) is 5.69 Å². The van der Waals surface area contributed by atoms with Gasteiger partial charge in [0.05, 0.1) is 16.3 Å². The van der Waals surface area contributed by atoms with Gasteiger partial charge in [0, 0.05) is 35.5 Å². The molecule has 2 amide bonds. The van der Waals surface area contributed by atoms with Crippen molar-refractivity contribution >= 4 is 38.9 Å². The molecule has 0 aliphatic heterocycles. The second-order valence-electron chi connectivity index (χ2n) is 8.48. The van der Waals surface area contributed by atoms with Gasteiger partial charge in [0.25, 0.3) is 5.91 Å². The number of amides is 2. The summed E-state index contributed by atoms with van der Waals surface area (Å²) >= 11 is 0. The maximum Gasteiger partial charge on any atom is 0.287 e. The normalized spacial score (nSPS) is 13.9. The predicted molar refractivity (Wildman–Crippen MR) is 131 cm³/mol. The number of nitrogens with one attached hydrogen (secondary N) is 3. The average Bonchev–Trinajstić information content (AvgIpc) is 2.83. The highest BCUT2D eigenvalue weighted by molar-refractivity contribution is 8.01. The lowest BCUT2D eigenvalue weighted by Crippen LogP contribution is -2.46. The van der Waals surface area contributed by atoms with Crippen molar-refractivity contribution in [3.8, 4) is 0 Å². The molecule has 0 aromatic heterocycles. The summed E-state index contributed by atoms with van der Waals surface area (Å²) in [7, 11) is -2.72. The van der Waals surface area contributed by atoms with E-state index in [1.54, 1.807) is 48.5 Å². The molecule has 0 fully saturated rings. The van der Waals surface area contributed by atoms with Crippen LogP contribution in [0.1, 0.15) is 25.8 Å². The van der Waals surface area contributed by atoms with Crippen LogP contribution in [0.5, 0.6) is 0 Å². The van der Waals surface area contributed by atoms with Crippen LogP contribution in [-0.2, 0) is 30.6 Å².